The minimum Gasteiger partial charge on any atom is -0.382 e. The summed E-state index contributed by atoms with van der Waals surface area (Å²) < 4.78 is 1.24. The van der Waals surface area contributed by atoms with Crippen molar-refractivity contribution in [2.75, 3.05) is 11.1 Å². The van der Waals surface area contributed by atoms with E-state index in [9.17, 15) is 5.21 Å². The van der Waals surface area contributed by atoms with Crippen LogP contribution in [0.15, 0.2) is 41.4 Å². The fraction of sp³-hybridized carbons (Fsp3) is 0.480. The van der Waals surface area contributed by atoms with Gasteiger partial charge in [-0.2, -0.15) is 0 Å². The molecule has 0 atom stereocenters. The van der Waals surface area contributed by atoms with Crippen LogP contribution in [0.25, 0.3) is 22.2 Å². The van der Waals surface area contributed by atoms with Crippen LogP contribution in [-0.2, 0) is 0 Å². The van der Waals surface area contributed by atoms with Gasteiger partial charge in [0.05, 0.1) is 11.6 Å². The highest BCUT2D eigenvalue weighted by atomic mass is 32.2. The van der Waals surface area contributed by atoms with Gasteiger partial charge in [0.2, 0.25) is 0 Å². The highest BCUT2D eigenvalue weighted by molar-refractivity contribution is 7.99. The van der Waals surface area contributed by atoms with E-state index in [4.69, 9.17) is 0 Å². The van der Waals surface area contributed by atoms with Crippen LogP contribution in [-0.4, -0.2) is 22.0 Å². The van der Waals surface area contributed by atoms with Gasteiger partial charge in [-0.3, -0.25) is 0 Å². The first-order valence-electron chi connectivity index (χ1n) is 11.4. The molecule has 1 aliphatic carbocycles. The van der Waals surface area contributed by atoms with Crippen LogP contribution in [0.2, 0.25) is 0 Å². The maximum atomic E-state index is 10.4. The Labute approximate surface area is 184 Å². The minimum absolute atomic E-state index is 0.538. The van der Waals surface area contributed by atoms with Crippen LogP contribution >= 0.6 is 11.8 Å². The van der Waals surface area contributed by atoms with Crippen LogP contribution in [0.3, 0.4) is 0 Å². The van der Waals surface area contributed by atoms with Crippen molar-refractivity contribution >= 4 is 28.5 Å². The first kappa shape index (κ1) is 21.1. The highest BCUT2D eigenvalue weighted by Gasteiger charge is 2.23. The number of fused-ring (bicyclic) bond motifs is 1. The van der Waals surface area contributed by atoms with Gasteiger partial charge in [-0.15, -0.1) is 11.8 Å². The third-order valence-electron chi connectivity index (χ3n) is 6.41. The van der Waals surface area contributed by atoms with Crippen LogP contribution in [0.4, 0.5) is 5.69 Å². The summed E-state index contributed by atoms with van der Waals surface area (Å²) in [6.07, 6.45) is 9.74. The molecule has 0 amide bonds. The van der Waals surface area contributed by atoms with Gasteiger partial charge in [0, 0.05) is 34.7 Å². The van der Waals surface area contributed by atoms with Crippen molar-refractivity contribution in [3.05, 3.63) is 42.2 Å². The zero-order valence-electron chi connectivity index (χ0n) is 18.4. The van der Waals surface area contributed by atoms with Gasteiger partial charge >= 0.3 is 5.65 Å². The van der Waals surface area contributed by atoms with Crippen LogP contribution < -0.4 is 10.0 Å². The first-order chi connectivity index (χ1) is 14.6. The largest absolute Gasteiger partial charge is 0.382 e. The highest BCUT2D eigenvalue weighted by Crippen LogP contribution is 2.38. The summed E-state index contributed by atoms with van der Waals surface area (Å²) in [6, 6.07) is 11.5. The number of rotatable bonds is 7. The van der Waals surface area contributed by atoms with E-state index in [1.54, 1.807) is 0 Å². The molecule has 0 aliphatic heterocycles. The zero-order valence-corrected chi connectivity index (χ0v) is 19.2. The Morgan fingerprint density at radius 3 is 2.63 bits per heavy atom. The van der Waals surface area contributed by atoms with E-state index in [0.717, 1.165) is 34.0 Å². The molecule has 0 unspecified atom stereocenters. The number of H-pyrrole nitrogens is 1. The predicted octanol–water partition coefficient (Wildman–Crippen LogP) is 6.55. The Morgan fingerprint density at radius 1 is 1.10 bits per heavy atom. The summed E-state index contributed by atoms with van der Waals surface area (Å²) in [5.41, 5.74) is 5.14. The third kappa shape index (κ3) is 4.31. The number of nitrogens with zero attached hydrogens (tertiary/aromatic N) is 1. The number of nitrogens with one attached hydrogen (secondary N) is 2. The standard InChI is InChI=1S/C25H33N3OS/c1-4-6-18-7-9-19(10-8-18)27-24-12-11-20(30-5-2)16-23(24)22-15-17(3)28(29)25-21(22)13-14-26-25/h11-16,18-19,29H,4-10H2,1-3H3,(H,26,27)/p+1. The normalized spacial score (nSPS) is 19.3. The Balaban J connectivity index is 1.70. The van der Waals surface area contributed by atoms with Gasteiger partial charge in [-0.1, -0.05) is 26.7 Å². The van der Waals surface area contributed by atoms with E-state index in [0.29, 0.717) is 6.04 Å². The average molecular weight is 425 g/mol. The van der Waals surface area contributed by atoms with Crippen molar-refractivity contribution in [3.8, 4) is 11.1 Å². The van der Waals surface area contributed by atoms with E-state index in [2.05, 4.69) is 54.5 Å². The van der Waals surface area contributed by atoms with Gasteiger partial charge in [-0.05, 0) is 72.4 Å². The summed E-state index contributed by atoms with van der Waals surface area (Å²) in [4.78, 5) is 4.47. The van der Waals surface area contributed by atoms with E-state index >= 15 is 0 Å². The molecule has 5 heteroatoms. The molecular weight excluding hydrogens is 390 g/mol. The van der Waals surface area contributed by atoms with Gasteiger partial charge in [0.1, 0.15) is 5.69 Å². The fourth-order valence-electron chi connectivity index (χ4n) is 4.85. The number of thioether (sulfide) groups is 1. The molecule has 0 saturated heterocycles. The van der Waals surface area contributed by atoms with E-state index < -0.39 is 0 Å². The second kappa shape index (κ2) is 9.34. The molecule has 160 valence electrons. The smallest absolute Gasteiger partial charge is 0.326 e. The number of pyridine rings is 1. The van der Waals surface area contributed by atoms with Gasteiger partial charge in [0.25, 0.3) is 0 Å². The summed E-state index contributed by atoms with van der Waals surface area (Å²) >= 11 is 1.87. The van der Waals surface area contributed by atoms with E-state index in [1.807, 2.05) is 24.9 Å². The number of aryl methyl sites for hydroxylation is 1. The van der Waals surface area contributed by atoms with Crippen LogP contribution in [0, 0.1) is 12.8 Å². The molecule has 1 aromatic carbocycles. The molecule has 3 aromatic rings. The van der Waals surface area contributed by atoms with E-state index in [-0.39, 0.29) is 0 Å². The predicted molar refractivity (Wildman–Crippen MR) is 127 cm³/mol. The monoisotopic (exact) mass is 424 g/mol. The van der Waals surface area contributed by atoms with Crippen molar-refractivity contribution in [1.29, 1.82) is 0 Å². The molecule has 3 N–H and O–H groups in total. The maximum Gasteiger partial charge on any atom is 0.326 e. The molecule has 0 radical (unpaired) electrons. The van der Waals surface area contributed by atoms with Gasteiger partial charge in [-0.25, -0.2) is 4.98 Å². The quantitative estimate of drug-likeness (QED) is 0.229. The third-order valence-corrected chi connectivity index (χ3v) is 7.29. The summed E-state index contributed by atoms with van der Waals surface area (Å²) in [5, 5.41) is 15.3. The lowest BCUT2D eigenvalue weighted by molar-refractivity contribution is -0.889. The minimum atomic E-state index is 0.538. The van der Waals surface area contributed by atoms with E-state index in [1.165, 1.54) is 59.4 Å². The number of hydrogen-bond acceptors (Lipinski definition) is 3. The lowest BCUT2D eigenvalue weighted by atomic mass is 9.83. The molecule has 1 saturated carbocycles. The number of benzene rings is 1. The topological polar surface area (TPSA) is 51.9 Å². The number of anilines is 1. The van der Waals surface area contributed by atoms with Crippen molar-refractivity contribution in [2.24, 2.45) is 5.92 Å². The lowest BCUT2D eigenvalue weighted by Crippen LogP contribution is -2.34. The van der Waals surface area contributed by atoms with Crippen molar-refractivity contribution in [1.82, 2.24) is 4.98 Å². The number of hydrogen-bond donors (Lipinski definition) is 3. The summed E-state index contributed by atoms with van der Waals surface area (Å²) in [7, 11) is 0. The fourth-order valence-corrected chi connectivity index (χ4v) is 5.55. The van der Waals surface area contributed by atoms with Gasteiger partial charge in [0.15, 0.2) is 0 Å². The lowest BCUT2D eigenvalue weighted by Gasteiger charge is -2.30. The molecule has 2 heterocycles. The number of aromatic amines is 1. The van der Waals surface area contributed by atoms with Gasteiger partial charge < -0.3 is 10.5 Å². The Kier molecular flexibility index (Phi) is 6.57. The molecule has 4 rings (SSSR count). The second-order valence-corrected chi connectivity index (χ2v) is 9.88. The summed E-state index contributed by atoms with van der Waals surface area (Å²) in [5.74, 6) is 1.96. The Hall–Kier alpha value is -2.14. The molecular formula is C25H34N3OS+. The average Bonchev–Trinajstić information content (AvgIpc) is 3.24. The van der Waals surface area contributed by atoms with Crippen molar-refractivity contribution in [3.63, 3.8) is 0 Å². The summed E-state index contributed by atoms with van der Waals surface area (Å²) in [6.45, 7) is 6.43. The SMILES string of the molecule is CCCC1CCC(Nc2ccc(SCC)cc2-c2cc(C)[n+](O)c3[nH]ccc23)CC1. The Morgan fingerprint density at radius 2 is 1.90 bits per heavy atom. The first-order valence-corrected chi connectivity index (χ1v) is 12.3. The molecule has 1 aliphatic rings. The number of aromatic nitrogens is 2. The van der Waals surface area contributed by atoms with Crippen molar-refractivity contribution < 1.29 is 9.94 Å². The van der Waals surface area contributed by atoms with Crippen LogP contribution in [0.1, 0.15) is 58.1 Å². The molecule has 0 bridgehead atoms. The second-order valence-electron chi connectivity index (χ2n) is 8.54. The molecule has 1 fully saturated rings. The molecule has 0 spiro atoms. The molecule has 4 nitrogen and oxygen atoms in total. The molecule has 2 aromatic heterocycles. The zero-order chi connectivity index (χ0) is 21.1. The maximum absolute atomic E-state index is 10.4. The molecule has 30 heavy (non-hydrogen) atoms. The van der Waals surface area contributed by atoms with Crippen LogP contribution in [0.5, 0.6) is 0 Å². The van der Waals surface area contributed by atoms with Crippen molar-refractivity contribution in [2.45, 2.75) is 70.2 Å². The Bertz CT molecular complexity index is 1010.